The van der Waals surface area contributed by atoms with E-state index >= 15 is 0 Å². The van der Waals surface area contributed by atoms with Crippen LogP contribution < -0.4 is 10.9 Å². The van der Waals surface area contributed by atoms with Crippen LogP contribution in [0.15, 0.2) is 21.9 Å². The lowest BCUT2D eigenvalue weighted by Gasteiger charge is -2.25. The van der Waals surface area contributed by atoms with Gasteiger partial charge in [0.05, 0.1) is 22.4 Å². The Labute approximate surface area is 132 Å². The number of aromatic nitrogens is 3. The van der Waals surface area contributed by atoms with E-state index in [9.17, 15) is 4.79 Å². The fourth-order valence-corrected chi connectivity index (χ4v) is 3.14. The summed E-state index contributed by atoms with van der Waals surface area (Å²) in [6.07, 6.45) is 5.94. The number of anilines is 1. The highest BCUT2D eigenvalue weighted by molar-refractivity contribution is 7.07. The Morgan fingerprint density at radius 3 is 3.00 bits per heavy atom. The first-order valence-electron chi connectivity index (χ1n) is 7.10. The fourth-order valence-electron chi connectivity index (χ4n) is 2.36. The van der Waals surface area contributed by atoms with E-state index in [1.807, 2.05) is 5.38 Å². The molecule has 0 bridgehead atoms. The van der Waals surface area contributed by atoms with Crippen LogP contribution in [0.5, 0.6) is 0 Å². The molecule has 1 fully saturated rings. The second kappa shape index (κ2) is 6.58. The van der Waals surface area contributed by atoms with Gasteiger partial charge in [0, 0.05) is 24.9 Å². The lowest BCUT2D eigenvalue weighted by molar-refractivity contribution is 0.262. The summed E-state index contributed by atoms with van der Waals surface area (Å²) in [5, 5.41) is 9.65. The van der Waals surface area contributed by atoms with Crippen molar-refractivity contribution in [2.45, 2.75) is 32.2 Å². The number of thiazole rings is 1. The van der Waals surface area contributed by atoms with Crippen molar-refractivity contribution < 1.29 is 0 Å². The van der Waals surface area contributed by atoms with Gasteiger partial charge in [0.2, 0.25) is 0 Å². The van der Waals surface area contributed by atoms with E-state index in [0.717, 1.165) is 12.1 Å². The first kappa shape index (κ1) is 14.5. The van der Waals surface area contributed by atoms with Gasteiger partial charge in [0.1, 0.15) is 5.69 Å². The zero-order chi connectivity index (χ0) is 14.7. The molecule has 0 unspecified atom stereocenters. The standard InChI is InChI=1S/C14H17ClN4OS/c15-12-6-18-19(7-10-2-1-3-10)14(20)13(12)16-5-4-11-8-21-9-17-11/h6,8-10,16H,1-5,7H2. The second-order valence-electron chi connectivity index (χ2n) is 5.31. The average molecular weight is 325 g/mol. The summed E-state index contributed by atoms with van der Waals surface area (Å²) in [5.74, 6) is 0.583. The van der Waals surface area contributed by atoms with Crippen molar-refractivity contribution in [2.75, 3.05) is 11.9 Å². The van der Waals surface area contributed by atoms with E-state index in [1.165, 1.54) is 23.9 Å². The third-order valence-electron chi connectivity index (χ3n) is 3.82. The van der Waals surface area contributed by atoms with Crippen molar-refractivity contribution in [3.8, 4) is 0 Å². The van der Waals surface area contributed by atoms with Gasteiger partial charge in [-0.25, -0.2) is 9.67 Å². The van der Waals surface area contributed by atoms with E-state index in [-0.39, 0.29) is 5.56 Å². The minimum Gasteiger partial charge on any atom is -0.379 e. The Morgan fingerprint density at radius 2 is 2.33 bits per heavy atom. The van der Waals surface area contributed by atoms with Crippen molar-refractivity contribution in [1.82, 2.24) is 14.8 Å². The third kappa shape index (κ3) is 3.44. The predicted molar refractivity (Wildman–Crippen MR) is 85.2 cm³/mol. The van der Waals surface area contributed by atoms with Crippen molar-refractivity contribution in [2.24, 2.45) is 5.92 Å². The van der Waals surface area contributed by atoms with Gasteiger partial charge in [-0.05, 0) is 18.8 Å². The van der Waals surface area contributed by atoms with Gasteiger partial charge >= 0.3 is 0 Å². The van der Waals surface area contributed by atoms with Crippen molar-refractivity contribution in [1.29, 1.82) is 0 Å². The molecule has 0 amide bonds. The van der Waals surface area contributed by atoms with Crippen molar-refractivity contribution >= 4 is 28.6 Å². The maximum atomic E-state index is 12.4. The number of halogens is 1. The summed E-state index contributed by atoms with van der Waals surface area (Å²) in [5.41, 5.74) is 3.14. The molecule has 1 saturated carbocycles. The number of nitrogens with zero attached hydrogens (tertiary/aromatic N) is 3. The van der Waals surface area contributed by atoms with Gasteiger partial charge in [-0.15, -0.1) is 11.3 Å². The minimum atomic E-state index is -0.132. The Balaban J connectivity index is 1.67. The molecule has 0 radical (unpaired) electrons. The molecule has 21 heavy (non-hydrogen) atoms. The van der Waals surface area contributed by atoms with E-state index < -0.39 is 0 Å². The molecule has 2 aromatic heterocycles. The fraction of sp³-hybridized carbons (Fsp3) is 0.500. The number of hydrogen-bond acceptors (Lipinski definition) is 5. The first-order valence-corrected chi connectivity index (χ1v) is 8.42. The minimum absolute atomic E-state index is 0.132. The van der Waals surface area contributed by atoms with E-state index in [4.69, 9.17) is 11.6 Å². The normalized spacial score (nSPS) is 14.9. The highest BCUT2D eigenvalue weighted by Gasteiger charge is 2.20. The lowest BCUT2D eigenvalue weighted by Crippen LogP contribution is -2.31. The molecule has 0 aromatic carbocycles. The monoisotopic (exact) mass is 324 g/mol. The Bertz CT molecular complexity index is 651. The molecule has 2 aromatic rings. The Kier molecular flexibility index (Phi) is 4.55. The van der Waals surface area contributed by atoms with Gasteiger partial charge in [-0.3, -0.25) is 4.79 Å². The van der Waals surface area contributed by atoms with E-state index in [1.54, 1.807) is 23.0 Å². The Morgan fingerprint density at radius 1 is 1.48 bits per heavy atom. The van der Waals surface area contributed by atoms with Gasteiger partial charge in [0.15, 0.2) is 0 Å². The number of rotatable bonds is 6. The van der Waals surface area contributed by atoms with Gasteiger partial charge in [-0.1, -0.05) is 18.0 Å². The maximum absolute atomic E-state index is 12.4. The topological polar surface area (TPSA) is 59.8 Å². The molecule has 0 spiro atoms. The molecule has 0 atom stereocenters. The molecule has 1 aliphatic carbocycles. The zero-order valence-electron chi connectivity index (χ0n) is 11.6. The molecule has 5 nitrogen and oxygen atoms in total. The van der Waals surface area contributed by atoms with Gasteiger partial charge in [-0.2, -0.15) is 5.10 Å². The van der Waals surface area contributed by atoms with Gasteiger partial charge in [0.25, 0.3) is 5.56 Å². The van der Waals surface area contributed by atoms with Crippen LogP contribution in [0.4, 0.5) is 5.69 Å². The summed E-state index contributed by atoms with van der Waals surface area (Å²) in [4.78, 5) is 16.6. The average Bonchev–Trinajstić information content (AvgIpc) is 2.93. The molecule has 0 aliphatic heterocycles. The van der Waals surface area contributed by atoms with Crippen molar-refractivity contribution in [3.63, 3.8) is 0 Å². The van der Waals surface area contributed by atoms with Crippen LogP contribution in [-0.2, 0) is 13.0 Å². The molecular weight excluding hydrogens is 308 g/mol. The number of hydrogen-bond donors (Lipinski definition) is 1. The highest BCUT2D eigenvalue weighted by atomic mass is 35.5. The highest BCUT2D eigenvalue weighted by Crippen LogP contribution is 2.27. The summed E-state index contributed by atoms with van der Waals surface area (Å²) >= 11 is 7.66. The SMILES string of the molecule is O=c1c(NCCc2cscn2)c(Cl)cnn1CC1CCC1. The summed E-state index contributed by atoms with van der Waals surface area (Å²) in [6.45, 7) is 1.32. The number of nitrogens with one attached hydrogen (secondary N) is 1. The van der Waals surface area contributed by atoms with E-state index in [0.29, 0.717) is 29.7 Å². The second-order valence-corrected chi connectivity index (χ2v) is 6.43. The lowest BCUT2D eigenvalue weighted by atomic mass is 9.85. The molecule has 2 heterocycles. The largest absolute Gasteiger partial charge is 0.379 e. The molecule has 1 aliphatic rings. The van der Waals surface area contributed by atoms with Crippen LogP contribution in [-0.4, -0.2) is 21.3 Å². The first-order chi connectivity index (χ1) is 10.2. The van der Waals surface area contributed by atoms with Crippen LogP contribution in [0.2, 0.25) is 5.02 Å². The van der Waals surface area contributed by atoms with E-state index in [2.05, 4.69) is 15.4 Å². The zero-order valence-corrected chi connectivity index (χ0v) is 13.2. The summed E-state index contributed by atoms with van der Waals surface area (Å²) < 4.78 is 1.53. The third-order valence-corrected chi connectivity index (χ3v) is 4.74. The Hall–Kier alpha value is -1.40. The summed E-state index contributed by atoms with van der Waals surface area (Å²) in [6, 6.07) is 0. The smallest absolute Gasteiger partial charge is 0.291 e. The predicted octanol–water partition coefficient (Wildman–Crippen LogP) is 2.81. The molecule has 0 saturated heterocycles. The molecule has 3 rings (SSSR count). The van der Waals surface area contributed by atoms with Crippen LogP contribution in [0.1, 0.15) is 25.0 Å². The molecule has 1 N–H and O–H groups in total. The van der Waals surface area contributed by atoms with Crippen LogP contribution in [0.25, 0.3) is 0 Å². The van der Waals surface area contributed by atoms with Crippen LogP contribution in [0, 0.1) is 5.92 Å². The quantitative estimate of drug-likeness (QED) is 0.887. The summed E-state index contributed by atoms with van der Waals surface area (Å²) in [7, 11) is 0. The van der Waals surface area contributed by atoms with Crippen molar-refractivity contribution in [3.05, 3.63) is 38.2 Å². The van der Waals surface area contributed by atoms with Crippen LogP contribution in [0.3, 0.4) is 0 Å². The molecule has 7 heteroatoms. The van der Waals surface area contributed by atoms with Crippen LogP contribution >= 0.6 is 22.9 Å². The van der Waals surface area contributed by atoms with Gasteiger partial charge < -0.3 is 5.32 Å². The molecule has 112 valence electrons. The maximum Gasteiger partial charge on any atom is 0.291 e. The molecular formula is C14H17ClN4OS.